The molecule has 0 radical (unpaired) electrons. The van der Waals surface area contributed by atoms with Gasteiger partial charge in [0.15, 0.2) is 0 Å². The molecule has 1 aliphatic rings. The lowest BCUT2D eigenvalue weighted by molar-refractivity contribution is -0.808. The number of hydrogen-bond acceptors (Lipinski definition) is 4. The van der Waals surface area contributed by atoms with Crippen molar-refractivity contribution in [3.63, 3.8) is 0 Å². The second-order valence-electron chi connectivity index (χ2n) is 9.44. The van der Waals surface area contributed by atoms with E-state index in [0.717, 1.165) is 25.1 Å². The van der Waals surface area contributed by atoms with E-state index in [4.69, 9.17) is 5.73 Å². The highest BCUT2D eigenvalue weighted by molar-refractivity contribution is 5.81. The minimum absolute atomic E-state index is 0.108. The monoisotopic (exact) mass is 447 g/mol. The third kappa shape index (κ3) is 12.0. The number of amidine groups is 1. The van der Waals surface area contributed by atoms with E-state index in [1.807, 2.05) is 6.92 Å². The summed E-state index contributed by atoms with van der Waals surface area (Å²) in [5, 5.41) is 11.2. The molecule has 0 aromatic heterocycles. The zero-order chi connectivity index (χ0) is 23.5. The number of carbonyl (C=O) groups excluding carboxylic acids is 1. The lowest BCUT2D eigenvalue weighted by Gasteiger charge is -2.36. The zero-order valence-corrected chi connectivity index (χ0v) is 20.9. The molecule has 0 spiro atoms. The molecule has 2 atom stereocenters. The van der Waals surface area contributed by atoms with E-state index < -0.39 is 5.97 Å². The standard InChI is InChI=1S/C27H49N3O2/c1-3-4-5-6-7-8-9-10-11-12-13-14-15-16-17-18-19-20-21-26-29-22-23-30(26,25(2)28)24-27(31)32/h8-9,22-23,25H,3-7,10-21,24,28H2,1-2H3/b9-8+. The average molecular weight is 448 g/mol. The lowest BCUT2D eigenvalue weighted by atomic mass is 10.0. The molecule has 0 fully saturated rings. The van der Waals surface area contributed by atoms with Crippen LogP contribution in [0.15, 0.2) is 29.5 Å². The first-order valence-electron chi connectivity index (χ1n) is 13.3. The molecule has 0 saturated carbocycles. The van der Waals surface area contributed by atoms with Gasteiger partial charge in [0, 0.05) is 13.3 Å². The van der Waals surface area contributed by atoms with Gasteiger partial charge in [-0.25, -0.2) is 9.48 Å². The predicted molar refractivity (Wildman–Crippen MR) is 134 cm³/mol. The Hall–Kier alpha value is -1.46. The Morgan fingerprint density at radius 1 is 0.938 bits per heavy atom. The van der Waals surface area contributed by atoms with Crippen molar-refractivity contribution in [2.24, 2.45) is 10.7 Å². The van der Waals surface area contributed by atoms with Crippen LogP contribution in [0.3, 0.4) is 0 Å². The van der Waals surface area contributed by atoms with E-state index >= 15 is 0 Å². The van der Waals surface area contributed by atoms with Gasteiger partial charge in [-0.2, -0.15) is 0 Å². The molecule has 1 aliphatic heterocycles. The van der Waals surface area contributed by atoms with Gasteiger partial charge >= 0.3 is 0 Å². The summed E-state index contributed by atoms with van der Waals surface area (Å²) in [6.45, 7) is 3.96. The highest BCUT2D eigenvalue weighted by atomic mass is 16.4. The number of nitrogens with two attached hydrogens (primary N) is 1. The maximum absolute atomic E-state index is 11.2. The molecule has 1 rings (SSSR count). The molecule has 1 heterocycles. The first-order chi connectivity index (χ1) is 15.5. The molecule has 0 saturated heterocycles. The second kappa shape index (κ2) is 18.0. The minimum Gasteiger partial charge on any atom is -0.544 e. The van der Waals surface area contributed by atoms with E-state index in [1.165, 1.54) is 89.9 Å². The number of hydrogen-bond donors (Lipinski definition) is 1. The van der Waals surface area contributed by atoms with Crippen LogP contribution >= 0.6 is 0 Å². The quantitative estimate of drug-likeness (QED) is 0.134. The first-order valence-corrected chi connectivity index (χ1v) is 13.3. The smallest absolute Gasteiger partial charge is 0.209 e. The number of quaternary nitrogens is 1. The summed E-state index contributed by atoms with van der Waals surface area (Å²) >= 11 is 0. The topological polar surface area (TPSA) is 78.5 Å². The molecule has 5 heteroatoms. The number of carboxylic acid groups (broad SMARTS) is 1. The Labute approximate surface area is 197 Å². The third-order valence-electron chi connectivity index (χ3n) is 6.57. The van der Waals surface area contributed by atoms with Crippen molar-refractivity contribution in [1.29, 1.82) is 0 Å². The van der Waals surface area contributed by atoms with Gasteiger partial charge in [-0.1, -0.05) is 89.7 Å². The molecular weight excluding hydrogens is 398 g/mol. The Kier molecular flexibility index (Phi) is 16.1. The summed E-state index contributed by atoms with van der Waals surface area (Å²) in [4.78, 5) is 15.6. The highest BCUT2D eigenvalue weighted by Gasteiger charge is 2.38. The molecular formula is C27H49N3O2. The number of nitrogens with zero attached hydrogens (tertiary/aromatic N) is 2. The van der Waals surface area contributed by atoms with Crippen LogP contribution in [0.4, 0.5) is 0 Å². The van der Waals surface area contributed by atoms with Crippen LogP contribution in [0.25, 0.3) is 0 Å². The molecule has 32 heavy (non-hydrogen) atoms. The summed E-state index contributed by atoms with van der Waals surface area (Å²) in [5.74, 6) is -0.230. The fraction of sp³-hybridized carbons (Fsp3) is 0.778. The fourth-order valence-corrected chi connectivity index (χ4v) is 4.46. The first kappa shape index (κ1) is 28.6. The molecule has 0 bridgehead atoms. The molecule has 0 amide bonds. The van der Waals surface area contributed by atoms with Gasteiger partial charge in [0.2, 0.25) is 5.84 Å². The average Bonchev–Trinajstić information content (AvgIpc) is 3.16. The number of allylic oxidation sites excluding steroid dienone is 2. The van der Waals surface area contributed by atoms with Crippen molar-refractivity contribution in [3.05, 3.63) is 24.6 Å². The molecule has 0 aromatic rings. The summed E-state index contributed by atoms with van der Waals surface area (Å²) < 4.78 is 0.108. The van der Waals surface area contributed by atoms with Crippen molar-refractivity contribution >= 4 is 11.8 Å². The largest absolute Gasteiger partial charge is 0.544 e. The molecule has 0 aromatic carbocycles. The van der Waals surface area contributed by atoms with Crippen LogP contribution in [0.5, 0.6) is 0 Å². The van der Waals surface area contributed by atoms with Gasteiger partial charge < -0.3 is 9.90 Å². The van der Waals surface area contributed by atoms with E-state index in [0.29, 0.717) is 0 Å². The van der Waals surface area contributed by atoms with E-state index in [-0.39, 0.29) is 17.2 Å². The van der Waals surface area contributed by atoms with Crippen LogP contribution in [-0.4, -0.2) is 29.0 Å². The van der Waals surface area contributed by atoms with Gasteiger partial charge in [-0.15, -0.1) is 0 Å². The molecule has 2 N–H and O–H groups in total. The van der Waals surface area contributed by atoms with Crippen molar-refractivity contribution in [1.82, 2.24) is 0 Å². The predicted octanol–water partition coefficient (Wildman–Crippen LogP) is 5.95. The number of aliphatic carboxylic acids is 1. The van der Waals surface area contributed by atoms with Crippen molar-refractivity contribution in [3.8, 4) is 0 Å². The van der Waals surface area contributed by atoms with Crippen LogP contribution in [0.1, 0.15) is 123 Å². The highest BCUT2D eigenvalue weighted by Crippen LogP contribution is 2.23. The second-order valence-corrected chi connectivity index (χ2v) is 9.44. The Morgan fingerprint density at radius 2 is 1.44 bits per heavy atom. The summed E-state index contributed by atoms with van der Waals surface area (Å²) in [5.41, 5.74) is 6.09. The fourth-order valence-electron chi connectivity index (χ4n) is 4.46. The summed E-state index contributed by atoms with van der Waals surface area (Å²) in [6.07, 6.45) is 29.5. The summed E-state index contributed by atoms with van der Waals surface area (Å²) in [7, 11) is 0. The molecule has 184 valence electrons. The van der Waals surface area contributed by atoms with Crippen LogP contribution in [0, 0.1) is 0 Å². The normalized spacial score (nSPS) is 19.0. The third-order valence-corrected chi connectivity index (χ3v) is 6.57. The van der Waals surface area contributed by atoms with Gasteiger partial charge in [0.05, 0.1) is 12.2 Å². The number of unbranched alkanes of at least 4 members (excludes halogenated alkanes) is 14. The Bertz CT molecular complexity index is 583. The Balaban J connectivity index is 1.95. The minimum atomic E-state index is -1.09. The zero-order valence-electron chi connectivity index (χ0n) is 20.9. The molecule has 5 nitrogen and oxygen atoms in total. The number of carbonyl (C=O) groups is 1. The van der Waals surface area contributed by atoms with Crippen LogP contribution in [0.2, 0.25) is 0 Å². The van der Waals surface area contributed by atoms with Gasteiger partial charge in [0.1, 0.15) is 18.9 Å². The SMILES string of the molecule is CCCCCC/C=C/CCCCCCCCCCCCC1=NC=C[N+]1(CC(=O)[O-])C(C)N. The van der Waals surface area contributed by atoms with Crippen LogP contribution in [-0.2, 0) is 4.79 Å². The maximum Gasteiger partial charge on any atom is 0.209 e. The number of rotatable bonds is 21. The Morgan fingerprint density at radius 3 is 1.94 bits per heavy atom. The van der Waals surface area contributed by atoms with Crippen molar-refractivity contribution < 1.29 is 14.4 Å². The van der Waals surface area contributed by atoms with Gasteiger partial charge in [-0.05, 0) is 32.1 Å². The van der Waals surface area contributed by atoms with Gasteiger partial charge in [-0.3, -0.25) is 5.73 Å². The maximum atomic E-state index is 11.2. The van der Waals surface area contributed by atoms with Crippen molar-refractivity contribution in [2.45, 2.75) is 129 Å². The lowest BCUT2D eigenvalue weighted by Crippen LogP contribution is -2.60. The van der Waals surface area contributed by atoms with Crippen LogP contribution < -0.4 is 10.8 Å². The number of carboxylic acids is 1. The number of aliphatic imine (C=N–C) groups is 1. The molecule has 0 aliphatic carbocycles. The van der Waals surface area contributed by atoms with Crippen molar-refractivity contribution in [2.75, 3.05) is 6.54 Å². The van der Waals surface area contributed by atoms with E-state index in [9.17, 15) is 9.90 Å². The van der Waals surface area contributed by atoms with E-state index in [2.05, 4.69) is 24.1 Å². The van der Waals surface area contributed by atoms with Gasteiger partial charge in [0.25, 0.3) is 0 Å². The molecule has 2 unspecified atom stereocenters. The van der Waals surface area contributed by atoms with E-state index in [1.54, 1.807) is 12.4 Å². The summed E-state index contributed by atoms with van der Waals surface area (Å²) in [6, 6.07) is 0.